The van der Waals surface area contributed by atoms with Gasteiger partial charge >= 0.3 is 12.1 Å². The Kier molecular flexibility index (Phi) is 3.90. The van der Waals surface area contributed by atoms with Crippen LogP contribution in [0.15, 0.2) is 12.1 Å². The molecule has 3 aliphatic rings. The average molecular weight is 415 g/mol. The first-order chi connectivity index (χ1) is 13.7. The van der Waals surface area contributed by atoms with Gasteiger partial charge in [0.2, 0.25) is 0 Å². The lowest BCUT2D eigenvalue weighted by Crippen LogP contribution is -2.43. The van der Waals surface area contributed by atoms with Gasteiger partial charge in [0.05, 0.1) is 22.9 Å². The van der Waals surface area contributed by atoms with E-state index in [4.69, 9.17) is 14.5 Å². The Labute approximate surface area is 171 Å². The fraction of sp³-hybridized carbons (Fsp3) is 0.500. The van der Waals surface area contributed by atoms with Gasteiger partial charge in [-0.1, -0.05) is 11.3 Å². The minimum Gasteiger partial charge on any atom is -0.493 e. The molecule has 1 aliphatic carbocycles. The van der Waals surface area contributed by atoms with Crippen LogP contribution in [0.25, 0.3) is 10.2 Å². The molecule has 152 valence electrons. The van der Waals surface area contributed by atoms with Gasteiger partial charge in [-0.2, -0.15) is 0 Å². The maximum absolute atomic E-state index is 13.2. The average Bonchev–Trinajstić information content (AvgIpc) is 3.36. The summed E-state index contributed by atoms with van der Waals surface area (Å²) in [6.45, 7) is 5.85. The fourth-order valence-electron chi connectivity index (χ4n) is 4.26. The van der Waals surface area contributed by atoms with Crippen LogP contribution < -0.4 is 9.64 Å². The summed E-state index contributed by atoms with van der Waals surface area (Å²) in [7, 11) is 0. The van der Waals surface area contributed by atoms with Crippen molar-refractivity contribution in [2.24, 2.45) is 0 Å². The number of fused-ring (bicyclic) bond motifs is 4. The summed E-state index contributed by atoms with van der Waals surface area (Å²) >= 11 is 1.35. The van der Waals surface area contributed by atoms with E-state index in [9.17, 15) is 14.4 Å². The van der Waals surface area contributed by atoms with Crippen LogP contribution in [-0.2, 0) is 16.0 Å². The number of hydrogen-bond donors (Lipinski definition) is 0. The van der Waals surface area contributed by atoms with Crippen molar-refractivity contribution in [3.63, 3.8) is 0 Å². The van der Waals surface area contributed by atoms with Gasteiger partial charge in [0.25, 0.3) is 0 Å². The Hall–Kier alpha value is -2.68. The van der Waals surface area contributed by atoms with Crippen molar-refractivity contribution in [1.29, 1.82) is 0 Å². The van der Waals surface area contributed by atoms with Crippen LogP contribution in [0.4, 0.5) is 14.7 Å². The van der Waals surface area contributed by atoms with Crippen molar-refractivity contribution in [1.82, 2.24) is 9.88 Å². The Bertz CT molecular complexity index is 1060. The molecule has 1 aromatic carbocycles. The summed E-state index contributed by atoms with van der Waals surface area (Å²) in [6, 6.07) is 2.05. The molecule has 2 fully saturated rings. The van der Waals surface area contributed by atoms with E-state index in [1.807, 2.05) is 12.1 Å². The van der Waals surface area contributed by atoms with Crippen molar-refractivity contribution in [2.45, 2.75) is 57.7 Å². The maximum atomic E-state index is 13.2. The van der Waals surface area contributed by atoms with Gasteiger partial charge in [-0.15, -0.1) is 0 Å². The number of aromatic nitrogens is 1. The van der Waals surface area contributed by atoms with Crippen LogP contribution in [-0.4, -0.2) is 52.1 Å². The molecule has 0 N–H and O–H groups in total. The highest BCUT2D eigenvalue weighted by Gasteiger charge is 2.57. The first kappa shape index (κ1) is 18.4. The number of hydrogen-bond acceptors (Lipinski definition) is 7. The highest BCUT2D eigenvalue weighted by atomic mass is 32.1. The fourth-order valence-corrected chi connectivity index (χ4v) is 5.29. The number of carbonyl (C=O) groups excluding carboxylic acids is 3. The molecular formula is C20H21N3O5S. The first-order valence-electron chi connectivity index (χ1n) is 9.68. The zero-order valence-corrected chi connectivity index (χ0v) is 17.2. The van der Waals surface area contributed by atoms with Crippen LogP contribution in [0.3, 0.4) is 0 Å². The van der Waals surface area contributed by atoms with Gasteiger partial charge < -0.3 is 9.47 Å². The van der Waals surface area contributed by atoms with E-state index in [0.717, 1.165) is 32.9 Å². The van der Waals surface area contributed by atoms with Gasteiger partial charge in [0.15, 0.2) is 10.9 Å². The lowest BCUT2D eigenvalue weighted by Gasteiger charge is -2.25. The van der Waals surface area contributed by atoms with E-state index >= 15 is 0 Å². The maximum Gasteiger partial charge on any atom is 0.418 e. The number of amides is 3. The van der Waals surface area contributed by atoms with Crippen LogP contribution in [0.2, 0.25) is 0 Å². The predicted molar refractivity (Wildman–Crippen MR) is 107 cm³/mol. The molecule has 0 spiro atoms. The second-order valence-corrected chi connectivity index (χ2v) is 9.51. The van der Waals surface area contributed by atoms with E-state index in [1.165, 1.54) is 16.2 Å². The van der Waals surface area contributed by atoms with E-state index in [0.29, 0.717) is 24.6 Å². The van der Waals surface area contributed by atoms with E-state index in [-0.39, 0.29) is 5.78 Å². The number of urea groups is 1. The Morgan fingerprint density at radius 2 is 2.07 bits per heavy atom. The zero-order chi connectivity index (χ0) is 20.5. The molecule has 5 rings (SSSR count). The summed E-state index contributed by atoms with van der Waals surface area (Å²) in [5.41, 5.74) is 1.08. The molecule has 8 nitrogen and oxygen atoms in total. The van der Waals surface area contributed by atoms with Crippen molar-refractivity contribution >= 4 is 44.6 Å². The van der Waals surface area contributed by atoms with Gasteiger partial charge in [-0.05, 0) is 39.3 Å². The molecule has 3 heterocycles. The number of ketones is 1. The number of benzene rings is 1. The number of Topliss-reactive ketones (excluding diaryl/α,β-unsaturated/α-hetero) is 1. The van der Waals surface area contributed by atoms with Crippen LogP contribution in [0, 0.1) is 0 Å². The molecule has 2 atom stereocenters. The second-order valence-electron chi connectivity index (χ2n) is 8.50. The quantitative estimate of drug-likeness (QED) is 0.708. The SMILES string of the molecule is CC(C)(C)OC(=O)N1C(=O)N(c2nc3c4c(ccc3s2)OCC4)C2C(=O)CCC21. The molecule has 1 aromatic heterocycles. The summed E-state index contributed by atoms with van der Waals surface area (Å²) in [5, 5.41) is 0.432. The van der Waals surface area contributed by atoms with Crippen molar-refractivity contribution in [3.05, 3.63) is 17.7 Å². The molecule has 2 unspecified atom stereocenters. The number of imide groups is 1. The third-order valence-electron chi connectivity index (χ3n) is 5.42. The largest absolute Gasteiger partial charge is 0.493 e. The van der Waals surface area contributed by atoms with Gasteiger partial charge in [-0.25, -0.2) is 19.5 Å². The molecule has 3 amide bonds. The molecule has 2 aromatic rings. The highest BCUT2D eigenvalue weighted by Crippen LogP contribution is 2.42. The van der Waals surface area contributed by atoms with Crippen molar-refractivity contribution < 1.29 is 23.9 Å². The van der Waals surface area contributed by atoms with Gasteiger partial charge in [0, 0.05) is 18.4 Å². The molecule has 1 saturated heterocycles. The lowest BCUT2D eigenvalue weighted by atomic mass is 10.1. The smallest absolute Gasteiger partial charge is 0.418 e. The van der Waals surface area contributed by atoms with Crippen LogP contribution >= 0.6 is 11.3 Å². The minimum atomic E-state index is -0.737. The van der Waals surface area contributed by atoms with E-state index in [2.05, 4.69) is 0 Å². The number of thiazole rings is 1. The minimum absolute atomic E-state index is 0.0535. The van der Waals surface area contributed by atoms with Crippen LogP contribution in [0.5, 0.6) is 5.75 Å². The standard InChI is InChI=1S/C20H21N3O5S/c1-20(2,3)28-19(26)22-11-4-5-12(24)16(11)23(18(22)25)17-21-15-10-8-9-27-13(10)6-7-14(15)29-17/h6-7,11,16H,4-5,8-9H2,1-3H3. The third-order valence-corrected chi connectivity index (χ3v) is 6.44. The van der Waals surface area contributed by atoms with Crippen molar-refractivity contribution in [3.8, 4) is 5.75 Å². The second kappa shape index (κ2) is 6.16. The number of nitrogens with zero attached hydrogens (tertiary/aromatic N) is 3. The summed E-state index contributed by atoms with van der Waals surface area (Å²) in [4.78, 5) is 45.8. The van der Waals surface area contributed by atoms with Crippen LogP contribution in [0.1, 0.15) is 39.2 Å². The molecule has 9 heteroatoms. The van der Waals surface area contributed by atoms with Crippen molar-refractivity contribution in [2.75, 3.05) is 11.5 Å². The molecule has 1 saturated carbocycles. The van der Waals surface area contributed by atoms with Gasteiger partial charge in [0.1, 0.15) is 17.4 Å². The summed E-state index contributed by atoms with van der Waals surface area (Å²) in [6.07, 6.45) is 0.815. The summed E-state index contributed by atoms with van der Waals surface area (Å²) < 4.78 is 12.0. The summed E-state index contributed by atoms with van der Waals surface area (Å²) in [5.74, 6) is 0.759. The molecule has 29 heavy (non-hydrogen) atoms. The Balaban J connectivity index is 1.56. The predicted octanol–water partition coefficient (Wildman–Crippen LogP) is 3.51. The first-order valence-corrected chi connectivity index (χ1v) is 10.5. The normalized spacial score (nSPS) is 23.6. The van der Waals surface area contributed by atoms with E-state index in [1.54, 1.807) is 20.8 Å². The molecule has 2 aliphatic heterocycles. The molecule has 0 radical (unpaired) electrons. The Morgan fingerprint density at radius 1 is 1.28 bits per heavy atom. The number of carbonyl (C=O) groups is 3. The topological polar surface area (TPSA) is 89.0 Å². The third kappa shape index (κ3) is 2.78. The Morgan fingerprint density at radius 3 is 2.83 bits per heavy atom. The van der Waals surface area contributed by atoms with Gasteiger partial charge in [-0.3, -0.25) is 9.69 Å². The highest BCUT2D eigenvalue weighted by molar-refractivity contribution is 7.22. The lowest BCUT2D eigenvalue weighted by molar-refractivity contribution is -0.118. The van der Waals surface area contributed by atoms with E-state index < -0.39 is 29.8 Å². The zero-order valence-electron chi connectivity index (χ0n) is 16.4. The molecular weight excluding hydrogens is 394 g/mol. The number of rotatable bonds is 1. The molecule has 0 bridgehead atoms. The number of ether oxygens (including phenoxy) is 2. The number of anilines is 1. The monoisotopic (exact) mass is 415 g/mol.